The SMILES string of the molecule is CN(C)/N=C/c1ccc(C(=O)C(O)c2ccc(Cl)cc2)o1. The van der Waals surface area contributed by atoms with E-state index in [9.17, 15) is 9.90 Å². The number of halogens is 1. The van der Waals surface area contributed by atoms with Crippen molar-refractivity contribution >= 4 is 23.6 Å². The highest BCUT2D eigenvalue weighted by molar-refractivity contribution is 6.30. The molecule has 0 amide bonds. The Morgan fingerprint density at radius 1 is 1.29 bits per heavy atom. The lowest BCUT2D eigenvalue weighted by Gasteiger charge is -2.08. The molecule has 6 heteroatoms. The van der Waals surface area contributed by atoms with Crippen LogP contribution in [0.3, 0.4) is 0 Å². The maximum absolute atomic E-state index is 12.1. The largest absolute Gasteiger partial charge is 0.452 e. The van der Waals surface area contributed by atoms with Crippen molar-refractivity contribution in [2.24, 2.45) is 5.10 Å². The third kappa shape index (κ3) is 3.93. The maximum Gasteiger partial charge on any atom is 0.230 e. The molecule has 0 aliphatic carbocycles. The van der Waals surface area contributed by atoms with Crippen molar-refractivity contribution < 1.29 is 14.3 Å². The van der Waals surface area contributed by atoms with Gasteiger partial charge in [-0.05, 0) is 29.8 Å². The Morgan fingerprint density at radius 3 is 2.57 bits per heavy atom. The molecule has 1 atom stereocenters. The number of hydrogen-bond donors (Lipinski definition) is 1. The van der Waals surface area contributed by atoms with E-state index in [1.165, 1.54) is 12.3 Å². The minimum atomic E-state index is -1.29. The maximum atomic E-state index is 12.1. The molecule has 1 aromatic heterocycles. The minimum Gasteiger partial charge on any atom is -0.452 e. The molecule has 2 rings (SSSR count). The van der Waals surface area contributed by atoms with Gasteiger partial charge in [0.2, 0.25) is 5.78 Å². The van der Waals surface area contributed by atoms with E-state index in [2.05, 4.69) is 5.10 Å². The predicted molar refractivity (Wildman–Crippen MR) is 80.7 cm³/mol. The van der Waals surface area contributed by atoms with Crippen LogP contribution in [0, 0.1) is 0 Å². The predicted octanol–water partition coefficient (Wildman–Crippen LogP) is 2.74. The van der Waals surface area contributed by atoms with Gasteiger partial charge in [0.25, 0.3) is 0 Å². The molecule has 1 aromatic carbocycles. The van der Waals surface area contributed by atoms with Gasteiger partial charge >= 0.3 is 0 Å². The van der Waals surface area contributed by atoms with Crippen molar-refractivity contribution in [1.82, 2.24) is 5.01 Å². The first kappa shape index (κ1) is 15.3. The molecule has 21 heavy (non-hydrogen) atoms. The van der Waals surface area contributed by atoms with E-state index >= 15 is 0 Å². The van der Waals surface area contributed by atoms with E-state index in [1.807, 2.05) is 0 Å². The average molecular weight is 307 g/mol. The summed E-state index contributed by atoms with van der Waals surface area (Å²) in [5, 5.41) is 16.2. The molecule has 2 aromatic rings. The first-order chi connectivity index (χ1) is 9.97. The van der Waals surface area contributed by atoms with Crippen LogP contribution in [0.2, 0.25) is 5.02 Å². The Balaban J connectivity index is 2.14. The van der Waals surface area contributed by atoms with Crippen LogP contribution >= 0.6 is 11.6 Å². The average Bonchev–Trinajstić information content (AvgIpc) is 2.93. The number of ketones is 1. The van der Waals surface area contributed by atoms with Gasteiger partial charge in [0, 0.05) is 19.1 Å². The fourth-order valence-corrected chi connectivity index (χ4v) is 1.78. The first-order valence-electron chi connectivity index (χ1n) is 6.26. The number of aliphatic hydroxyl groups excluding tert-OH is 1. The summed E-state index contributed by atoms with van der Waals surface area (Å²) >= 11 is 5.77. The Bertz CT molecular complexity index is 647. The number of nitrogens with zero attached hydrogens (tertiary/aromatic N) is 2. The zero-order valence-corrected chi connectivity index (χ0v) is 12.4. The van der Waals surface area contributed by atoms with Crippen LogP contribution in [-0.4, -0.2) is 36.2 Å². The zero-order valence-electron chi connectivity index (χ0n) is 11.7. The third-order valence-corrected chi connectivity index (χ3v) is 2.97. The summed E-state index contributed by atoms with van der Waals surface area (Å²) in [5.41, 5.74) is 0.462. The highest BCUT2D eigenvalue weighted by Crippen LogP contribution is 2.21. The standard InChI is InChI=1S/C15H15ClN2O3/c1-18(2)17-9-12-7-8-13(21-12)15(20)14(19)10-3-5-11(16)6-4-10/h3-9,14,19H,1-2H3/b17-9+. The van der Waals surface area contributed by atoms with Gasteiger partial charge in [-0.2, -0.15) is 5.10 Å². The quantitative estimate of drug-likeness (QED) is 0.524. The van der Waals surface area contributed by atoms with Gasteiger partial charge in [-0.25, -0.2) is 0 Å². The van der Waals surface area contributed by atoms with Crippen molar-refractivity contribution in [1.29, 1.82) is 0 Å². The van der Waals surface area contributed by atoms with Crippen molar-refractivity contribution in [2.75, 3.05) is 14.1 Å². The summed E-state index contributed by atoms with van der Waals surface area (Å²) < 4.78 is 5.35. The lowest BCUT2D eigenvalue weighted by atomic mass is 10.0. The first-order valence-corrected chi connectivity index (χ1v) is 6.64. The normalized spacial score (nSPS) is 12.6. The van der Waals surface area contributed by atoms with Gasteiger partial charge in [0.1, 0.15) is 11.9 Å². The summed E-state index contributed by atoms with van der Waals surface area (Å²) in [5.74, 6) is 0.00911. The fraction of sp³-hybridized carbons (Fsp3) is 0.200. The molecule has 110 valence electrons. The molecule has 0 radical (unpaired) electrons. The number of carbonyl (C=O) groups is 1. The third-order valence-electron chi connectivity index (χ3n) is 2.72. The smallest absolute Gasteiger partial charge is 0.230 e. The highest BCUT2D eigenvalue weighted by atomic mass is 35.5. The molecule has 0 saturated heterocycles. The van der Waals surface area contributed by atoms with Gasteiger partial charge in [-0.1, -0.05) is 23.7 Å². The molecule has 1 N–H and O–H groups in total. The monoisotopic (exact) mass is 306 g/mol. The number of benzene rings is 1. The van der Waals surface area contributed by atoms with E-state index in [-0.39, 0.29) is 5.76 Å². The van der Waals surface area contributed by atoms with Crippen molar-refractivity contribution in [3.8, 4) is 0 Å². The number of hydrazone groups is 1. The number of Topliss-reactive ketones (excluding diaryl/α,β-unsaturated/α-hetero) is 1. The zero-order chi connectivity index (χ0) is 15.4. The van der Waals surface area contributed by atoms with Gasteiger partial charge in [-0.3, -0.25) is 4.79 Å². The van der Waals surface area contributed by atoms with Gasteiger partial charge in [-0.15, -0.1) is 0 Å². The minimum absolute atomic E-state index is 0.0812. The highest BCUT2D eigenvalue weighted by Gasteiger charge is 2.22. The Kier molecular flexibility index (Phi) is 4.77. The summed E-state index contributed by atoms with van der Waals surface area (Å²) in [7, 11) is 3.55. The van der Waals surface area contributed by atoms with Crippen molar-refractivity contribution in [3.05, 3.63) is 58.5 Å². The molecule has 1 heterocycles. The summed E-state index contributed by atoms with van der Waals surface area (Å²) in [6.45, 7) is 0. The number of carbonyl (C=O) groups excluding carboxylic acids is 1. The van der Waals surface area contributed by atoms with E-state index in [1.54, 1.807) is 49.4 Å². The molecular weight excluding hydrogens is 292 g/mol. The number of furan rings is 1. The van der Waals surface area contributed by atoms with Crippen LogP contribution in [0.4, 0.5) is 0 Å². The molecular formula is C15H15ClN2O3. The fourth-order valence-electron chi connectivity index (χ4n) is 1.66. The van der Waals surface area contributed by atoms with E-state index in [4.69, 9.17) is 16.0 Å². The second kappa shape index (κ2) is 6.56. The summed E-state index contributed by atoms with van der Waals surface area (Å²) in [6.07, 6.45) is 0.206. The summed E-state index contributed by atoms with van der Waals surface area (Å²) in [6, 6.07) is 9.56. The topological polar surface area (TPSA) is 66.0 Å². The van der Waals surface area contributed by atoms with Crippen LogP contribution < -0.4 is 0 Å². The molecule has 0 bridgehead atoms. The van der Waals surface area contributed by atoms with E-state index in [0.29, 0.717) is 16.3 Å². The van der Waals surface area contributed by atoms with Crippen molar-refractivity contribution in [2.45, 2.75) is 6.10 Å². The van der Waals surface area contributed by atoms with Crippen LogP contribution in [0.5, 0.6) is 0 Å². The molecule has 1 unspecified atom stereocenters. The van der Waals surface area contributed by atoms with Crippen LogP contribution in [0.1, 0.15) is 28.0 Å². The van der Waals surface area contributed by atoms with E-state index in [0.717, 1.165) is 0 Å². The summed E-state index contributed by atoms with van der Waals surface area (Å²) in [4.78, 5) is 12.1. The molecule has 0 spiro atoms. The molecule has 0 aliphatic heterocycles. The second-order valence-corrected chi connectivity index (χ2v) is 5.05. The Morgan fingerprint density at radius 2 is 1.95 bits per heavy atom. The Labute approximate surface area is 127 Å². The van der Waals surface area contributed by atoms with Gasteiger partial charge < -0.3 is 14.5 Å². The molecule has 0 saturated carbocycles. The number of aliphatic hydroxyl groups is 1. The number of hydrogen-bond acceptors (Lipinski definition) is 5. The van der Waals surface area contributed by atoms with E-state index < -0.39 is 11.9 Å². The lowest BCUT2D eigenvalue weighted by molar-refractivity contribution is 0.0717. The van der Waals surface area contributed by atoms with Gasteiger partial charge in [0.05, 0.1) is 6.21 Å². The lowest BCUT2D eigenvalue weighted by Crippen LogP contribution is -2.11. The molecule has 0 fully saturated rings. The molecule has 5 nitrogen and oxygen atoms in total. The molecule has 0 aliphatic rings. The van der Waals surface area contributed by atoms with Crippen LogP contribution in [-0.2, 0) is 0 Å². The number of rotatable bonds is 5. The van der Waals surface area contributed by atoms with Crippen molar-refractivity contribution in [3.63, 3.8) is 0 Å². The van der Waals surface area contributed by atoms with Gasteiger partial charge in [0.15, 0.2) is 5.76 Å². The second-order valence-electron chi connectivity index (χ2n) is 4.61. The Hall–Kier alpha value is -2.11. The van der Waals surface area contributed by atoms with Crippen LogP contribution in [0.25, 0.3) is 0 Å². The van der Waals surface area contributed by atoms with Crippen LogP contribution in [0.15, 0.2) is 45.9 Å².